The van der Waals surface area contributed by atoms with Crippen LogP contribution in [0, 0.1) is 6.92 Å². The summed E-state index contributed by atoms with van der Waals surface area (Å²) >= 11 is 0. The first kappa shape index (κ1) is 16.6. The predicted octanol–water partition coefficient (Wildman–Crippen LogP) is 2.46. The van der Waals surface area contributed by atoms with Crippen LogP contribution in [-0.4, -0.2) is 29.5 Å². The largest absolute Gasteiger partial charge is 0.479 e. The molecule has 0 bridgehead atoms. The Kier molecular flexibility index (Phi) is 6.79. The number of ether oxygens (including phenoxy) is 1. The van der Waals surface area contributed by atoms with E-state index in [9.17, 15) is 4.79 Å². The molecule has 1 aliphatic rings. The monoisotopic (exact) mass is 374 g/mol. The summed E-state index contributed by atoms with van der Waals surface area (Å²) in [7, 11) is 6.41. The van der Waals surface area contributed by atoms with E-state index in [1.807, 2.05) is 18.2 Å². The quantitative estimate of drug-likeness (QED) is 0.452. The van der Waals surface area contributed by atoms with Crippen LogP contribution in [0.1, 0.15) is 0 Å². The third kappa shape index (κ3) is 3.77. The number of carbonyl (C=O) groups excluding carboxylic acids is 1. The maximum Gasteiger partial charge on any atom is 0.405 e. The van der Waals surface area contributed by atoms with E-state index >= 15 is 0 Å². The Morgan fingerprint density at radius 1 is 1.44 bits per heavy atom. The van der Waals surface area contributed by atoms with Crippen molar-refractivity contribution in [3.63, 3.8) is 0 Å². The van der Waals surface area contributed by atoms with Crippen molar-refractivity contribution in [1.29, 1.82) is 0 Å². The Morgan fingerprint density at radius 2 is 2.06 bits per heavy atom. The van der Waals surface area contributed by atoms with Crippen LogP contribution >= 0.6 is 15.4 Å². The predicted molar refractivity (Wildman–Crippen MR) is 75.9 cm³/mol. The van der Waals surface area contributed by atoms with E-state index in [1.54, 1.807) is 11.9 Å². The number of amides is 1. The molecule has 95 valence electrons. The van der Waals surface area contributed by atoms with Crippen molar-refractivity contribution in [3.05, 3.63) is 37.3 Å². The second-order valence-corrected chi connectivity index (χ2v) is 9.55. The van der Waals surface area contributed by atoms with Gasteiger partial charge in [0.05, 0.1) is 0 Å². The topological polar surface area (TPSA) is 29.5 Å². The van der Waals surface area contributed by atoms with Gasteiger partial charge in [-0.15, -0.1) is 0 Å². The van der Waals surface area contributed by atoms with Gasteiger partial charge in [-0.2, -0.15) is 0 Å². The molecule has 2 rings (SSSR count). The molecule has 1 aromatic rings. The van der Waals surface area contributed by atoms with Gasteiger partial charge >= 0.3 is 6.09 Å². The number of carbonyl (C=O) groups is 1. The van der Waals surface area contributed by atoms with Crippen LogP contribution in [0.3, 0.4) is 0 Å². The van der Waals surface area contributed by atoms with E-state index in [-0.39, 0.29) is 59.5 Å². The summed E-state index contributed by atoms with van der Waals surface area (Å²) in [5.41, 5.74) is 0. The summed E-state index contributed by atoms with van der Waals surface area (Å²) in [5, 5.41) is 1.20. The van der Waals surface area contributed by atoms with E-state index in [4.69, 9.17) is 4.74 Å². The van der Waals surface area contributed by atoms with Gasteiger partial charge < -0.3 is 25.8 Å². The molecule has 1 fully saturated rings. The number of rotatable bonds is 2. The van der Waals surface area contributed by atoms with Crippen molar-refractivity contribution in [2.45, 2.75) is 11.5 Å². The first-order chi connectivity index (χ1) is 8.09. The van der Waals surface area contributed by atoms with Gasteiger partial charge in [-0.05, 0) is 16.8 Å². The van der Waals surface area contributed by atoms with Gasteiger partial charge in [-0.25, -0.2) is 12.2 Å². The minimum Gasteiger partial charge on any atom is -0.479 e. The molecule has 18 heavy (non-hydrogen) atoms. The summed E-state index contributed by atoms with van der Waals surface area (Å²) in [5.74, 6) is 0. The average Bonchev–Trinajstić information content (AvgIpc) is 2.54. The molecule has 2 unspecified atom stereocenters. The zero-order valence-electron chi connectivity index (χ0n) is 9.95. The Bertz CT molecular complexity index is 505. The van der Waals surface area contributed by atoms with Gasteiger partial charge in [-0.1, -0.05) is 30.3 Å². The van der Waals surface area contributed by atoms with Crippen molar-refractivity contribution in [1.82, 2.24) is 4.90 Å². The third-order valence-corrected chi connectivity index (χ3v) is 7.63. The molecule has 1 radical (unpaired) electrons. The molecule has 2 atom stereocenters. The van der Waals surface area contributed by atoms with Crippen LogP contribution in [0.4, 0.5) is 4.79 Å². The van der Waals surface area contributed by atoms with Crippen LogP contribution in [0.15, 0.2) is 30.3 Å². The summed E-state index contributed by atoms with van der Waals surface area (Å²) in [4.78, 5) is 13.0. The standard InChI is InChI=1S/C11H13NO2P2S.Y/c1-8-10(12(2)11(13)14-8)17(15)16-9-6-4-3-5-7-9;/h3-8,10,15H,1H2,2H3;/q-2;. The first-order valence-electron chi connectivity index (χ1n) is 5.07. The van der Waals surface area contributed by atoms with Gasteiger partial charge in [0.15, 0.2) is 0 Å². The molecule has 0 aromatic heterocycles. The molecular formula is C11H13NO2P2SY-2. The fourth-order valence-corrected chi connectivity index (χ4v) is 7.01. The number of nitrogens with zero attached hydrogens (tertiary/aromatic N) is 1. The zero-order chi connectivity index (χ0) is 12.4. The minimum absolute atomic E-state index is 0. The van der Waals surface area contributed by atoms with Gasteiger partial charge in [0.25, 0.3) is 0 Å². The maximum absolute atomic E-state index is 11.4. The molecular weight excluding hydrogens is 361 g/mol. The second-order valence-electron chi connectivity index (χ2n) is 3.67. The van der Waals surface area contributed by atoms with Crippen molar-refractivity contribution in [2.75, 3.05) is 7.05 Å². The number of cyclic esters (lactones) is 1. The van der Waals surface area contributed by atoms with E-state index in [0.717, 1.165) is 7.36 Å². The van der Waals surface area contributed by atoms with Crippen molar-refractivity contribution >= 4 is 36.0 Å². The van der Waals surface area contributed by atoms with Crippen LogP contribution in [0.5, 0.6) is 0 Å². The van der Waals surface area contributed by atoms with E-state index in [1.165, 1.54) is 5.30 Å². The van der Waals surface area contributed by atoms with Gasteiger partial charge in [0.1, 0.15) is 0 Å². The summed E-state index contributed by atoms with van der Waals surface area (Å²) in [6.45, 7) is 3.87. The van der Waals surface area contributed by atoms with Crippen LogP contribution in [0.2, 0.25) is 0 Å². The summed E-state index contributed by atoms with van der Waals surface area (Å²) < 4.78 is 5.09. The molecule has 7 heteroatoms. The molecule has 0 spiro atoms. The van der Waals surface area contributed by atoms with Gasteiger partial charge in [0.2, 0.25) is 0 Å². The number of benzene rings is 1. The Labute approximate surface area is 138 Å². The molecule has 1 aromatic carbocycles. The smallest absolute Gasteiger partial charge is 0.405 e. The Morgan fingerprint density at radius 3 is 2.56 bits per heavy atom. The average molecular weight is 374 g/mol. The van der Waals surface area contributed by atoms with Crippen molar-refractivity contribution in [3.8, 4) is 0 Å². The molecule has 3 nitrogen and oxygen atoms in total. The molecule has 1 amide bonds. The van der Waals surface area contributed by atoms with E-state index < -0.39 is 0 Å². The summed E-state index contributed by atoms with van der Waals surface area (Å²) in [6, 6.07) is 10.1. The Balaban J connectivity index is 0.00000162. The SMILES string of the molecule is [CH2-]C1OC(=O)N(C)C1[S-](=P)=Pc1ccccc1.[Y]. The van der Waals surface area contributed by atoms with Crippen molar-refractivity contribution < 1.29 is 42.2 Å². The van der Waals surface area contributed by atoms with Gasteiger partial charge in [-0.3, -0.25) is 8.02 Å². The molecule has 0 saturated carbocycles. The maximum atomic E-state index is 11.4. The number of hydrogen-bond donors (Lipinski definition) is 0. The normalized spacial score (nSPS) is 24.6. The third-order valence-electron chi connectivity index (χ3n) is 2.43. The summed E-state index contributed by atoms with van der Waals surface area (Å²) in [6.07, 6.45) is -0.612. The van der Waals surface area contributed by atoms with Gasteiger partial charge in [0, 0.05) is 39.8 Å². The molecule has 1 aliphatic heterocycles. The first-order valence-corrected chi connectivity index (χ1v) is 9.08. The van der Waals surface area contributed by atoms with Crippen LogP contribution in [0.25, 0.3) is 0 Å². The number of hydrogen-bond acceptors (Lipinski definition) is 3. The Hall–Kier alpha value is 0.544. The zero-order valence-corrected chi connectivity index (χ0v) is 15.5. The molecule has 0 aliphatic carbocycles. The fourth-order valence-electron chi connectivity index (χ4n) is 1.57. The van der Waals surface area contributed by atoms with E-state index in [2.05, 4.69) is 27.1 Å². The van der Waals surface area contributed by atoms with E-state index in [0.29, 0.717) is 0 Å². The minimum atomic E-state index is -0.315. The second kappa shape index (κ2) is 7.36. The molecule has 0 N–H and O–H groups in total. The number of likely N-dealkylation sites (N-methyl/N-ethyl adjacent to an activating group) is 1. The van der Waals surface area contributed by atoms with Crippen LogP contribution in [-0.2, 0) is 46.7 Å². The molecule has 1 heterocycles. The fraction of sp³-hybridized carbons (Fsp3) is 0.273. The van der Waals surface area contributed by atoms with Crippen molar-refractivity contribution in [2.24, 2.45) is 0 Å². The van der Waals surface area contributed by atoms with Crippen LogP contribution < -0.4 is 5.30 Å². The molecule has 1 saturated heterocycles.